The molecule has 0 unspecified atom stereocenters. The average Bonchev–Trinajstić information content (AvgIpc) is 2.32. The highest BCUT2D eigenvalue weighted by Crippen LogP contribution is 2.28. The van der Waals surface area contributed by atoms with Crippen molar-refractivity contribution in [3.8, 4) is 0 Å². The predicted molar refractivity (Wildman–Crippen MR) is 62.9 cm³/mol. The fourth-order valence-electron chi connectivity index (χ4n) is 2.26. The molecule has 17 heavy (non-hydrogen) atoms. The molecule has 2 rings (SSSR count). The second kappa shape index (κ2) is 5.00. The molecule has 2 N–H and O–H groups in total. The Morgan fingerprint density at radius 3 is 2.47 bits per heavy atom. The van der Waals surface area contributed by atoms with E-state index in [0.717, 1.165) is 44.2 Å². The van der Waals surface area contributed by atoms with Crippen molar-refractivity contribution in [3.05, 3.63) is 29.8 Å². The molecule has 1 saturated carbocycles. The first-order valence-electron chi connectivity index (χ1n) is 6.00. The molecule has 0 atom stereocenters. The standard InChI is InChI=1S/C13H17F2NO/c14-11-5-4-10(8-12(11)15)16-9-13(17)6-2-1-3-7-13/h4-5,8,16-17H,1-3,6-7,9H2. The molecule has 2 nitrogen and oxygen atoms in total. The van der Waals surface area contributed by atoms with E-state index in [4.69, 9.17) is 0 Å². The van der Waals surface area contributed by atoms with Gasteiger partial charge in [0.25, 0.3) is 0 Å². The summed E-state index contributed by atoms with van der Waals surface area (Å²) < 4.78 is 25.7. The SMILES string of the molecule is OC1(CNc2ccc(F)c(F)c2)CCCCC1. The highest BCUT2D eigenvalue weighted by Gasteiger charge is 2.28. The number of rotatable bonds is 3. The Balaban J connectivity index is 1.94. The highest BCUT2D eigenvalue weighted by molar-refractivity contribution is 5.43. The lowest BCUT2D eigenvalue weighted by Crippen LogP contribution is -2.38. The molecule has 0 radical (unpaired) electrons. The van der Waals surface area contributed by atoms with Crippen LogP contribution in [0.3, 0.4) is 0 Å². The smallest absolute Gasteiger partial charge is 0.160 e. The van der Waals surface area contributed by atoms with Crippen LogP contribution in [0.15, 0.2) is 18.2 Å². The summed E-state index contributed by atoms with van der Waals surface area (Å²) in [7, 11) is 0. The minimum atomic E-state index is -0.870. The number of hydrogen-bond donors (Lipinski definition) is 2. The number of hydrogen-bond acceptors (Lipinski definition) is 2. The van der Waals surface area contributed by atoms with Gasteiger partial charge in [0.1, 0.15) is 0 Å². The first kappa shape index (κ1) is 12.3. The van der Waals surface area contributed by atoms with Crippen molar-refractivity contribution in [2.45, 2.75) is 37.7 Å². The summed E-state index contributed by atoms with van der Waals surface area (Å²) in [6.07, 6.45) is 4.74. The van der Waals surface area contributed by atoms with E-state index in [1.54, 1.807) is 0 Å². The van der Waals surface area contributed by atoms with Crippen molar-refractivity contribution in [2.24, 2.45) is 0 Å². The maximum Gasteiger partial charge on any atom is 0.160 e. The van der Waals surface area contributed by atoms with E-state index < -0.39 is 17.2 Å². The first-order valence-corrected chi connectivity index (χ1v) is 6.00. The number of anilines is 1. The molecule has 1 aliphatic carbocycles. The molecule has 94 valence electrons. The van der Waals surface area contributed by atoms with Crippen LogP contribution in [0, 0.1) is 11.6 Å². The van der Waals surface area contributed by atoms with Crippen LogP contribution in [-0.4, -0.2) is 17.3 Å². The van der Waals surface area contributed by atoms with Crippen molar-refractivity contribution in [1.29, 1.82) is 0 Å². The second-order valence-electron chi connectivity index (χ2n) is 4.77. The summed E-state index contributed by atoms with van der Waals surface area (Å²) in [5.41, 5.74) is -0.203. The Morgan fingerprint density at radius 2 is 1.82 bits per heavy atom. The molecule has 0 aliphatic heterocycles. The molecule has 0 aromatic heterocycles. The monoisotopic (exact) mass is 241 g/mol. The molecule has 4 heteroatoms. The number of aliphatic hydroxyl groups is 1. The maximum absolute atomic E-state index is 13.0. The third-order valence-corrected chi connectivity index (χ3v) is 3.33. The zero-order valence-electron chi connectivity index (χ0n) is 9.68. The molecule has 0 bridgehead atoms. The van der Waals surface area contributed by atoms with Gasteiger partial charge in [0.2, 0.25) is 0 Å². The first-order chi connectivity index (χ1) is 8.09. The second-order valence-corrected chi connectivity index (χ2v) is 4.77. The fraction of sp³-hybridized carbons (Fsp3) is 0.538. The largest absolute Gasteiger partial charge is 0.388 e. The summed E-state index contributed by atoms with van der Waals surface area (Å²) in [5, 5.41) is 13.2. The van der Waals surface area contributed by atoms with Crippen LogP contribution < -0.4 is 5.32 Å². The third kappa shape index (κ3) is 3.16. The summed E-state index contributed by atoms with van der Waals surface area (Å²) in [6, 6.07) is 3.68. The third-order valence-electron chi connectivity index (χ3n) is 3.33. The van der Waals surface area contributed by atoms with Gasteiger partial charge < -0.3 is 10.4 Å². The Hall–Kier alpha value is -1.16. The van der Waals surface area contributed by atoms with Crippen molar-refractivity contribution >= 4 is 5.69 Å². The van der Waals surface area contributed by atoms with Gasteiger partial charge in [-0.2, -0.15) is 0 Å². The number of nitrogens with one attached hydrogen (secondary N) is 1. The van der Waals surface area contributed by atoms with Crippen LogP contribution in [0.2, 0.25) is 0 Å². The van der Waals surface area contributed by atoms with E-state index >= 15 is 0 Å². The predicted octanol–water partition coefficient (Wildman–Crippen LogP) is 3.07. The molecule has 0 amide bonds. The fourth-order valence-corrected chi connectivity index (χ4v) is 2.26. The van der Waals surface area contributed by atoms with E-state index in [0.29, 0.717) is 12.2 Å². The molecule has 1 fully saturated rings. The van der Waals surface area contributed by atoms with Gasteiger partial charge in [0.05, 0.1) is 5.60 Å². The molecule has 1 aromatic rings. The van der Waals surface area contributed by atoms with E-state index in [1.807, 2.05) is 0 Å². The Morgan fingerprint density at radius 1 is 1.12 bits per heavy atom. The Bertz CT molecular complexity index is 389. The van der Waals surface area contributed by atoms with E-state index in [1.165, 1.54) is 6.07 Å². The van der Waals surface area contributed by atoms with Crippen molar-refractivity contribution < 1.29 is 13.9 Å². The van der Waals surface area contributed by atoms with Crippen molar-refractivity contribution in [2.75, 3.05) is 11.9 Å². The molecular formula is C13H17F2NO. The molecule has 1 aliphatic rings. The van der Waals surface area contributed by atoms with Crippen LogP contribution in [-0.2, 0) is 0 Å². The summed E-state index contributed by atoms with van der Waals surface area (Å²) in [6.45, 7) is 0.387. The lowest BCUT2D eigenvalue weighted by molar-refractivity contribution is 0.0167. The van der Waals surface area contributed by atoms with Crippen LogP contribution in [0.25, 0.3) is 0 Å². The van der Waals surface area contributed by atoms with Gasteiger partial charge in [-0.1, -0.05) is 19.3 Å². The van der Waals surface area contributed by atoms with Gasteiger partial charge >= 0.3 is 0 Å². The van der Waals surface area contributed by atoms with E-state index in [-0.39, 0.29) is 0 Å². The zero-order chi connectivity index (χ0) is 12.3. The van der Waals surface area contributed by atoms with Crippen molar-refractivity contribution in [3.63, 3.8) is 0 Å². The molecule has 1 aromatic carbocycles. The van der Waals surface area contributed by atoms with Gasteiger partial charge in [-0.25, -0.2) is 8.78 Å². The maximum atomic E-state index is 13.0. The van der Waals surface area contributed by atoms with Crippen LogP contribution in [0.1, 0.15) is 32.1 Å². The number of benzene rings is 1. The van der Waals surface area contributed by atoms with Crippen LogP contribution in [0.5, 0.6) is 0 Å². The molecular weight excluding hydrogens is 224 g/mol. The van der Waals surface area contributed by atoms with Gasteiger partial charge in [0, 0.05) is 18.3 Å². The molecule has 0 spiro atoms. The highest BCUT2D eigenvalue weighted by atomic mass is 19.2. The summed E-state index contributed by atoms with van der Waals surface area (Å²) in [4.78, 5) is 0. The lowest BCUT2D eigenvalue weighted by atomic mass is 9.85. The topological polar surface area (TPSA) is 32.3 Å². The quantitative estimate of drug-likeness (QED) is 0.852. The zero-order valence-corrected chi connectivity index (χ0v) is 9.68. The minimum Gasteiger partial charge on any atom is -0.388 e. The average molecular weight is 241 g/mol. The Kier molecular flexibility index (Phi) is 3.62. The normalized spacial score (nSPS) is 19.0. The van der Waals surface area contributed by atoms with Crippen molar-refractivity contribution in [1.82, 2.24) is 0 Å². The molecule has 0 saturated heterocycles. The molecule has 0 heterocycles. The van der Waals surface area contributed by atoms with Crippen LogP contribution in [0.4, 0.5) is 14.5 Å². The van der Waals surface area contributed by atoms with Gasteiger partial charge in [-0.3, -0.25) is 0 Å². The Labute approximate surface area is 99.7 Å². The van der Waals surface area contributed by atoms with E-state index in [2.05, 4.69) is 5.32 Å². The van der Waals surface area contributed by atoms with Gasteiger partial charge in [-0.05, 0) is 25.0 Å². The summed E-state index contributed by atoms with van der Waals surface area (Å²) in [5.74, 6) is -1.72. The van der Waals surface area contributed by atoms with Crippen LogP contribution >= 0.6 is 0 Å². The van der Waals surface area contributed by atoms with Gasteiger partial charge in [0.15, 0.2) is 11.6 Å². The number of halogens is 2. The van der Waals surface area contributed by atoms with Gasteiger partial charge in [-0.15, -0.1) is 0 Å². The minimum absolute atomic E-state index is 0.387. The van der Waals surface area contributed by atoms with E-state index in [9.17, 15) is 13.9 Å². The lowest BCUT2D eigenvalue weighted by Gasteiger charge is -2.32. The summed E-state index contributed by atoms with van der Waals surface area (Å²) >= 11 is 0.